The number of nitrogens with zero attached hydrogens (tertiary/aromatic N) is 3. The van der Waals surface area contributed by atoms with Crippen molar-refractivity contribution in [3.8, 4) is 0 Å². The van der Waals surface area contributed by atoms with Crippen molar-refractivity contribution in [1.82, 2.24) is 19.9 Å². The van der Waals surface area contributed by atoms with Gasteiger partial charge in [0.15, 0.2) is 5.65 Å². The Bertz CT molecular complexity index is 985. The van der Waals surface area contributed by atoms with E-state index in [9.17, 15) is 9.18 Å². The summed E-state index contributed by atoms with van der Waals surface area (Å²) in [5.41, 5.74) is 3.56. The van der Waals surface area contributed by atoms with Gasteiger partial charge in [0.2, 0.25) is 0 Å². The zero-order valence-corrected chi connectivity index (χ0v) is 14.7. The molecule has 4 rings (SSSR count). The van der Waals surface area contributed by atoms with E-state index < -0.39 is 0 Å². The van der Waals surface area contributed by atoms with Crippen LogP contribution in [0.4, 0.5) is 4.39 Å². The minimum absolute atomic E-state index is 0.208. The molecule has 25 heavy (non-hydrogen) atoms. The third-order valence-electron chi connectivity index (χ3n) is 4.34. The first kappa shape index (κ1) is 16.1. The van der Waals surface area contributed by atoms with Gasteiger partial charge in [-0.2, -0.15) is 5.10 Å². The highest BCUT2D eigenvalue weighted by molar-refractivity contribution is 7.99. The molecule has 0 radical (unpaired) electrons. The third-order valence-corrected chi connectivity index (χ3v) is 5.46. The van der Waals surface area contributed by atoms with Crippen LogP contribution in [0.3, 0.4) is 0 Å². The van der Waals surface area contributed by atoms with E-state index in [0.29, 0.717) is 11.2 Å². The molecule has 0 spiro atoms. The van der Waals surface area contributed by atoms with Gasteiger partial charge in [-0.1, -0.05) is 0 Å². The lowest BCUT2D eigenvalue weighted by Crippen LogP contribution is -2.30. The van der Waals surface area contributed by atoms with Crippen LogP contribution in [0, 0.1) is 19.7 Å². The average Bonchev–Trinajstić information content (AvgIpc) is 2.99. The SMILES string of the molecule is Cc1cc(C)n2ncc(C(=O)NC3CCSc4ccc(F)cc43)c2n1. The highest BCUT2D eigenvalue weighted by atomic mass is 32.2. The number of carbonyl (C=O) groups excluding carboxylic acids is 1. The van der Waals surface area contributed by atoms with Gasteiger partial charge in [0.05, 0.1) is 12.2 Å². The highest BCUT2D eigenvalue weighted by Gasteiger charge is 2.25. The number of nitrogens with one attached hydrogen (secondary N) is 1. The van der Waals surface area contributed by atoms with Gasteiger partial charge in [0.1, 0.15) is 11.4 Å². The Morgan fingerprint density at radius 2 is 2.20 bits per heavy atom. The van der Waals surface area contributed by atoms with Gasteiger partial charge in [-0.05, 0) is 50.1 Å². The smallest absolute Gasteiger partial charge is 0.257 e. The van der Waals surface area contributed by atoms with Crippen LogP contribution in [-0.2, 0) is 0 Å². The molecule has 0 fully saturated rings. The number of aryl methyl sites for hydroxylation is 2. The molecule has 3 aromatic rings. The lowest BCUT2D eigenvalue weighted by molar-refractivity contribution is 0.0936. The Balaban J connectivity index is 1.67. The fourth-order valence-corrected chi connectivity index (χ4v) is 4.29. The number of thioether (sulfide) groups is 1. The van der Waals surface area contributed by atoms with Crippen LogP contribution in [0.15, 0.2) is 35.4 Å². The molecule has 1 unspecified atom stereocenters. The first-order valence-electron chi connectivity index (χ1n) is 8.08. The summed E-state index contributed by atoms with van der Waals surface area (Å²) in [4.78, 5) is 18.3. The van der Waals surface area contributed by atoms with Crippen molar-refractivity contribution < 1.29 is 9.18 Å². The second-order valence-corrected chi connectivity index (χ2v) is 7.31. The quantitative estimate of drug-likeness (QED) is 0.764. The monoisotopic (exact) mass is 356 g/mol. The summed E-state index contributed by atoms with van der Waals surface area (Å²) in [6.45, 7) is 3.81. The Hall–Kier alpha value is -2.41. The Labute approximate surface area is 148 Å². The molecule has 0 saturated carbocycles. The number of amides is 1. The van der Waals surface area contributed by atoms with E-state index in [-0.39, 0.29) is 17.8 Å². The number of rotatable bonds is 2. The van der Waals surface area contributed by atoms with Crippen molar-refractivity contribution in [3.05, 3.63) is 58.8 Å². The van der Waals surface area contributed by atoms with Crippen LogP contribution in [0.25, 0.3) is 5.65 Å². The molecule has 1 aliphatic rings. The van der Waals surface area contributed by atoms with Gasteiger partial charge >= 0.3 is 0 Å². The number of halogens is 1. The van der Waals surface area contributed by atoms with Gasteiger partial charge in [0.25, 0.3) is 5.91 Å². The summed E-state index contributed by atoms with van der Waals surface area (Å²) in [6, 6.07) is 6.45. The number of carbonyl (C=O) groups is 1. The maximum Gasteiger partial charge on any atom is 0.257 e. The topological polar surface area (TPSA) is 59.3 Å². The van der Waals surface area contributed by atoms with E-state index in [2.05, 4.69) is 15.4 Å². The molecule has 1 atom stereocenters. The van der Waals surface area contributed by atoms with Crippen molar-refractivity contribution in [3.63, 3.8) is 0 Å². The zero-order chi connectivity index (χ0) is 17.6. The molecule has 1 N–H and O–H groups in total. The van der Waals surface area contributed by atoms with Crippen LogP contribution in [0.2, 0.25) is 0 Å². The first-order valence-corrected chi connectivity index (χ1v) is 9.06. The second kappa shape index (κ2) is 6.15. The molecule has 1 amide bonds. The lowest BCUT2D eigenvalue weighted by atomic mass is 10.0. The number of aromatic nitrogens is 3. The largest absolute Gasteiger partial charge is 0.345 e. The number of fused-ring (bicyclic) bond motifs is 2. The normalized spacial score (nSPS) is 16.7. The fourth-order valence-electron chi connectivity index (χ4n) is 3.18. The van der Waals surface area contributed by atoms with E-state index in [1.165, 1.54) is 18.3 Å². The molecule has 1 aromatic carbocycles. The molecular weight excluding hydrogens is 339 g/mol. The molecule has 5 nitrogen and oxygen atoms in total. The van der Waals surface area contributed by atoms with Crippen LogP contribution < -0.4 is 5.32 Å². The predicted octanol–water partition coefficient (Wildman–Crippen LogP) is 3.45. The van der Waals surface area contributed by atoms with Crippen LogP contribution >= 0.6 is 11.8 Å². The molecule has 1 aliphatic heterocycles. The third kappa shape index (κ3) is 2.89. The first-order chi connectivity index (χ1) is 12.0. The molecule has 128 valence electrons. The summed E-state index contributed by atoms with van der Waals surface area (Å²) in [5.74, 6) is 0.360. The number of hydrogen-bond acceptors (Lipinski definition) is 4. The minimum Gasteiger partial charge on any atom is -0.345 e. The van der Waals surface area contributed by atoms with Gasteiger partial charge in [-0.15, -0.1) is 11.8 Å². The molecular formula is C18H17FN4OS. The molecule has 0 aliphatic carbocycles. The maximum absolute atomic E-state index is 13.6. The van der Waals surface area contributed by atoms with Crippen molar-refractivity contribution in [1.29, 1.82) is 0 Å². The summed E-state index contributed by atoms with van der Waals surface area (Å²) in [7, 11) is 0. The van der Waals surface area contributed by atoms with E-state index in [4.69, 9.17) is 0 Å². The van der Waals surface area contributed by atoms with Gasteiger partial charge < -0.3 is 5.32 Å². The Morgan fingerprint density at radius 1 is 1.36 bits per heavy atom. The van der Waals surface area contributed by atoms with E-state index in [1.807, 2.05) is 19.9 Å². The zero-order valence-electron chi connectivity index (χ0n) is 13.9. The molecule has 0 bridgehead atoms. The molecule has 7 heteroatoms. The molecule has 2 aromatic heterocycles. The lowest BCUT2D eigenvalue weighted by Gasteiger charge is -2.25. The van der Waals surface area contributed by atoms with Gasteiger partial charge in [-0.3, -0.25) is 4.79 Å². The molecule has 0 saturated heterocycles. The van der Waals surface area contributed by atoms with E-state index in [1.54, 1.807) is 22.3 Å². The summed E-state index contributed by atoms with van der Waals surface area (Å²) >= 11 is 1.69. The average molecular weight is 356 g/mol. The fraction of sp³-hybridized carbons (Fsp3) is 0.278. The van der Waals surface area contributed by atoms with Crippen LogP contribution in [-0.4, -0.2) is 26.3 Å². The summed E-state index contributed by atoms with van der Waals surface area (Å²) in [6.07, 6.45) is 2.30. The van der Waals surface area contributed by atoms with Gasteiger partial charge in [0, 0.05) is 22.0 Å². The maximum atomic E-state index is 13.6. The Morgan fingerprint density at radius 3 is 3.04 bits per heavy atom. The van der Waals surface area contributed by atoms with Crippen molar-refractivity contribution >= 4 is 23.3 Å². The number of hydrogen-bond donors (Lipinski definition) is 1. The summed E-state index contributed by atoms with van der Waals surface area (Å²) < 4.78 is 15.3. The summed E-state index contributed by atoms with van der Waals surface area (Å²) in [5, 5.41) is 7.28. The second-order valence-electron chi connectivity index (χ2n) is 6.18. The minimum atomic E-state index is -0.288. The Kier molecular flexibility index (Phi) is 3.95. The predicted molar refractivity (Wildman–Crippen MR) is 94.4 cm³/mol. The van der Waals surface area contributed by atoms with Gasteiger partial charge in [-0.25, -0.2) is 13.9 Å². The van der Waals surface area contributed by atoms with Crippen molar-refractivity contribution in [2.45, 2.75) is 31.2 Å². The van der Waals surface area contributed by atoms with Crippen molar-refractivity contribution in [2.75, 3.05) is 5.75 Å². The standard InChI is InChI=1S/C18H17FN4OS/c1-10-7-11(2)23-17(21-10)14(9-20-23)18(24)22-15-5-6-25-16-4-3-12(19)8-13(15)16/h3-4,7-9,15H,5-6H2,1-2H3,(H,22,24). The van der Waals surface area contributed by atoms with Crippen molar-refractivity contribution in [2.24, 2.45) is 0 Å². The highest BCUT2D eigenvalue weighted by Crippen LogP contribution is 2.36. The van der Waals surface area contributed by atoms with E-state index >= 15 is 0 Å². The van der Waals surface area contributed by atoms with E-state index in [0.717, 1.165) is 34.0 Å². The molecule has 3 heterocycles. The van der Waals surface area contributed by atoms with Crippen LogP contribution in [0.5, 0.6) is 0 Å². The number of benzene rings is 1. The van der Waals surface area contributed by atoms with Crippen LogP contribution in [0.1, 0.15) is 39.8 Å².